The van der Waals surface area contributed by atoms with Crippen LogP contribution in [0.4, 0.5) is 0 Å². The van der Waals surface area contributed by atoms with E-state index in [1.165, 1.54) is 36.1 Å². The molecule has 16 heavy (non-hydrogen) atoms. The van der Waals surface area contributed by atoms with Crippen molar-refractivity contribution < 1.29 is 0 Å². The summed E-state index contributed by atoms with van der Waals surface area (Å²) in [5.74, 6) is 0. The molecule has 1 aromatic carbocycles. The van der Waals surface area contributed by atoms with Gasteiger partial charge in [0.2, 0.25) is 0 Å². The van der Waals surface area contributed by atoms with Crippen LogP contribution in [0.5, 0.6) is 0 Å². The van der Waals surface area contributed by atoms with E-state index in [0.29, 0.717) is 0 Å². The van der Waals surface area contributed by atoms with E-state index in [1.807, 2.05) is 0 Å². The fraction of sp³-hybridized carbons (Fsp3) is 0.467. The molecule has 0 N–H and O–H groups in total. The molecule has 1 aromatic rings. The second-order valence-corrected chi connectivity index (χ2v) is 4.90. The summed E-state index contributed by atoms with van der Waals surface area (Å²) < 4.78 is 0. The lowest BCUT2D eigenvalue weighted by atomic mass is 10.1. The Hall–Kier alpha value is -0.690. The molecule has 0 atom stereocenters. The molecule has 1 rings (SSSR count). The molecule has 0 aliphatic carbocycles. The molecule has 0 spiro atoms. The van der Waals surface area contributed by atoms with Crippen LogP contribution in [-0.2, 0) is 6.42 Å². The number of rotatable bonds is 7. The van der Waals surface area contributed by atoms with Crippen molar-refractivity contribution >= 4 is 11.8 Å². The Morgan fingerprint density at radius 3 is 2.44 bits per heavy atom. The average Bonchev–Trinajstić information content (AvgIpc) is 2.34. The molecule has 0 saturated carbocycles. The van der Waals surface area contributed by atoms with Crippen molar-refractivity contribution in [3.63, 3.8) is 0 Å². The molecule has 0 fully saturated rings. The van der Waals surface area contributed by atoms with Crippen LogP contribution in [0.1, 0.15) is 38.2 Å². The molecule has 0 bridgehead atoms. The van der Waals surface area contributed by atoms with E-state index >= 15 is 0 Å². The van der Waals surface area contributed by atoms with Crippen molar-refractivity contribution in [3.8, 4) is 0 Å². The Balaban J connectivity index is 2.25. The second-order valence-electron chi connectivity index (χ2n) is 4.02. The van der Waals surface area contributed by atoms with Gasteiger partial charge in [0.1, 0.15) is 0 Å². The van der Waals surface area contributed by atoms with Crippen molar-refractivity contribution in [2.75, 3.05) is 6.26 Å². The Labute approximate surface area is 104 Å². The van der Waals surface area contributed by atoms with Gasteiger partial charge in [0.05, 0.1) is 0 Å². The Morgan fingerprint density at radius 2 is 1.81 bits per heavy atom. The number of thioether (sulfide) groups is 1. The minimum Gasteiger partial charge on any atom is -0.130 e. The first-order chi connectivity index (χ1) is 7.86. The van der Waals surface area contributed by atoms with Gasteiger partial charge in [-0.3, -0.25) is 0 Å². The maximum absolute atomic E-state index is 2.32. The molecule has 0 radical (unpaired) electrons. The average molecular weight is 234 g/mol. The number of hydrogen-bond acceptors (Lipinski definition) is 1. The van der Waals surface area contributed by atoms with E-state index in [0.717, 1.165) is 6.42 Å². The lowest BCUT2D eigenvalue weighted by Gasteiger charge is -1.99. The zero-order chi connectivity index (χ0) is 11.6. The minimum absolute atomic E-state index is 1.07. The zero-order valence-corrected chi connectivity index (χ0v) is 11.2. The minimum atomic E-state index is 1.07. The SMILES string of the molecule is CCCCC/C=C/Cc1ccc(SC)cc1. The molecule has 0 saturated heterocycles. The van der Waals surface area contributed by atoms with Gasteiger partial charge in [-0.2, -0.15) is 0 Å². The van der Waals surface area contributed by atoms with Crippen molar-refractivity contribution in [1.82, 2.24) is 0 Å². The summed E-state index contributed by atoms with van der Waals surface area (Å²) in [6.45, 7) is 2.25. The number of hydrogen-bond donors (Lipinski definition) is 0. The molecule has 0 heterocycles. The van der Waals surface area contributed by atoms with Crippen LogP contribution < -0.4 is 0 Å². The van der Waals surface area contributed by atoms with Gasteiger partial charge < -0.3 is 0 Å². The Kier molecular flexibility index (Phi) is 7.07. The number of unbranched alkanes of at least 4 members (excludes halogenated alkanes) is 3. The van der Waals surface area contributed by atoms with Crippen molar-refractivity contribution in [2.24, 2.45) is 0 Å². The van der Waals surface area contributed by atoms with Gasteiger partial charge >= 0.3 is 0 Å². The van der Waals surface area contributed by atoms with E-state index in [9.17, 15) is 0 Å². The molecular weight excluding hydrogens is 212 g/mol. The van der Waals surface area contributed by atoms with E-state index in [1.54, 1.807) is 11.8 Å². The van der Waals surface area contributed by atoms with Crippen LogP contribution in [0.25, 0.3) is 0 Å². The van der Waals surface area contributed by atoms with Crippen LogP contribution in [0.3, 0.4) is 0 Å². The van der Waals surface area contributed by atoms with E-state index in [2.05, 4.69) is 49.6 Å². The van der Waals surface area contributed by atoms with Gasteiger partial charge in [-0.15, -0.1) is 11.8 Å². The molecule has 0 aliphatic heterocycles. The Morgan fingerprint density at radius 1 is 1.06 bits per heavy atom. The lowest BCUT2D eigenvalue weighted by Crippen LogP contribution is -1.80. The summed E-state index contributed by atoms with van der Waals surface area (Å²) in [4.78, 5) is 1.34. The third-order valence-corrected chi connectivity index (χ3v) is 3.40. The number of allylic oxidation sites excluding steroid dienone is 2. The van der Waals surface area contributed by atoms with Crippen LogP contribution in [0.2, 0.25) is 0 Å². The molecule has 0 nitrogen and oxygen atoms in total. The topological polar surface area (TPSA) is 0 Å². The van der Waals surface area contributed by atoms with Gasteiger partial charge in [0, 0.05) is 4.90 Å². The molecule has 0 amide bonds. The van der Waals surface area contributed by atoms with E-state index < -0.39 is 0 Å². The first-order valence-electron chi connectivity index (χ1n) is 6.14. The monoisotopic (exact) mass is 234 g/mol. The van der Waals surface area contributed by atoms with Crippen molar-refractivity contribution in [3.05, 3.63) is 42.0 Å². The van der Waals surface area contributed by atoms with Crippen LogP contribution >= 0.6 is 11.8 Å². The summed E-state index contributed by atoms with van der Waals surface area (Å²) in [6, 6.07) is 8.85. The highest BCUT2D eigenvalue weighted by molar-refractivity contribution is 7.98. The number of benzene rings is 1. The highest BCUT2D eigenvalue weighted by Gasteiger charge is 1.91. The van der Waals surface area contributed by atoms with Gasteiger partial charge in [-0.25, -0.2) is 0 Å². The molecule has 0 aromatic heterocycles. The van der Waals surface area contributed by atoms with Gasteiger partial charge in [-0.05, 0) is 43.2 Å². The van der Waals surface area contributed by atoms with Crippen molar-refractivity contribution in [2.45, 2.75) is 43.9 Å². The molecule has 1 heteroatoms. The quantitative estimate of drug-likeness (QED) is 0.360. The highest BCUT2D eigenvalue weighted by Crippen LogP contribution is 2.15. The summed E-state index contributed by atoms with van der Waals surface area (Å²) >= 11 is 1.80. The predicted molar refractivity (Wildman–Crippen MR) is 75.2 cm³/mol. The third kappa shape index (κ3) is 5.41. The summed E-state index contributed by atoms with van der Waals surface area (Å²) in [7, 11) is 0. The summed E-state index contributed by atoms with van der Waals surface area (Å²) in [5.41, 5.74) is 1.41. The molecule has 88 valence electrons. The van der Waals surface area contributed by atoms with Gasteiger partial charge in [0.25, 0.3) is 0 Å². The van der Waals surface area contributed by atoms with Crippen LogP contribution in [0.15, 0.2) is 41.3 Å². The smallest absolute Gasteiger partial charge is 0.00693 e. The normalized spacial score (nSPS) is 11.1. The van der Waals surface area contributed by atoms with Crippen molar-refractivity contribution in [1.29, 1.82) is 0 Å². The lowest BCUT2D eigenvalue weighted by molar-refractivity contribution is 0.728. The first kappa shape index (κ1) is 13.4. The largest absolute Gasteiger partial charge is 0.130 e. The maximum atomic E-state index is 2.32. The fourth-order valence-electron chi connectivity index (χ4n) is 1.61. The van der Waals surface area contributed by atoms with Crippen LogP contribution in [-0.4, -0.2) is 6.26 Å². The summed E-state index contributed by atoms with van der Waals surface area (Å²) in [6.07, 6.45) is 13.0. The second kappa shape index (κ2) is 8.46. The first-order valence-corrected chi connectivity index (χ1v) is 7.37. The van der Waals surface area contributed by atoms with Crippen LogP contribution in [0, 0.1) is 0 Å². The summed E-state index contributed by atoms with van der Waals surface area (Å²) in [5, 5.41) is 0. The fourth-order valence-corrected chi connectivity index (χ4v) is 2.02. The maximum Gasteiger partial charge on any atom is 0.00693 e. The van der Waals surface area contributed by atoms with Gasteiger partial charge in [-0.1, -0.05) is 44.1 Å². The van der Waals surface area contributed by atoms with E-state index in [-0.39, 0.29) is 0 Å². The Bertz CT molecular complexity index is 298. The third-order valence-electron chi connectivity index (χ3n) is 2.65. The zero-order valence-electron chi connectivity index (χ0n) is 10.4. The standard InChI is InChI=1S/C15H22S/c1-3-4-5-6-7-8-9-14-10-12-15(16-2)13-11-14/h7-8,10-13H,3-6,9H2,1-2H3/b8-7+. The van der Waals surface area contributed by atoms with Gasteiger partial charge in [0.15, 0.2) is 0 Å². The highest BCUT2D eigenvalue weighted by atomic mass is 32.2. The molecule has 0 unspecified atom stereocenters. The molecule has 0 aliphatic rings. The molecular formula is C15H22S. The predicted octanol–water partition coefficient (Wildman–Crippen LogP) is 5.09. The van der Waals surface area contributed by atoms with E-state index in [4.69, 9.17) is 0 Å².